The first-order chi connectivity index (χ1) is 7.88. The Kier molecular flexibility index (Phi) is 7.23. The molecule has 0 spiro atoms. The van der Waals surface area contributed by atoms with Crippen LogP contribution in [0.25, 0.3) is 0 Å². The SMILES string of the molecule is CS[C@H]1C[C@H]([C@H](C(=O)S)[C@@H](C)O)NC1C(=O)O.N. The minimum atomic E-state index is -0.928. The van der Waals surface area contributed by atoms with Gasteiger partial charge in [-0.05, 0) is 19.6 Å². The second-order valence-electron chi connectivity index (χ2n) is 4.20. The number of hydrogen-bond donors (Lipinski definition) is 5. The minimum Gasteiger partial charge on any atom is -0.480 e. The lowest BCUT2D eigenvalue weighted by Gasteiger charge is -2.23. The van der Waals surface area contributed by atoms with E-state index in [1.807, 2.05) is 6.26 Å². The molecule has 1 heterocycles. The van der Waals surface area contributed by atoms with Gasteiger partial charge in [0.25, 0.3) is 0 Å². The number of aliphatic hydroxyl groups excluding tert-OH is 1. The van der Waals surface area contributed by atoms with Crippen LogP contribution in [0.1, 0.15) is 13.3 Å². The van der Waals surface area contributed by atoms with Crippen molar-refractivity contribution >= 4 is 35.5 Å². The minimum absolute atomic E-state index is 0. The molecule has 106 valence electrons. The predicted molar refractivity (Wildman–Crippen MR) is 74.5 cm³/mol. The van der Waals surface area contributed by atoms with E-state index in [0.29, 0.717) is 6.42 Å². The van der Waals surface area contributed by atoms with Gasteiger partial charge >= 0.3 is 5.97 Å². The quantitative estimate of drug-likeness (QED) is 0.458. The standard InChI is InChI=1S/C10H17NO4S2.H3N/c1-4(12)7(10(15)16)5-3-6(17-2)8(11-5)9(13)14;/h4-8,11-12H,3H2,1-2H3,(H,13,14)(H,15,16);1H3/t4-,5-,6+,7-,8?;/m1./s1. The maximum atomic E-state index is 11.4. The Morgan fingerprint density at radius 3 is 2.33 bits per heavy atom. The first-order valence-corrected chi connectivity index (χ1v) is 7.04. The summed E-state index contributed by atoms with van der Waals surface area (Å²) in [5, 5.41) is 21.0. The summed E-state index contributed by atoms with van der Waals surface area (Å²) < 4.78 is 0. The molecule has 1 rings (SSSR count). The van der Waals surface area contributed by atoms with Crippen LogP contribution in [-0.4, -0.2) is 51.0 Å². The van der Waals surface area contributed by atoms with E-state index in [2.05, 4.69) is 17.9 Å². The van der Waals surface area contributed by atoms with Gasteiger partial charge in [0.05, 0.1) is 12.0 Å². The summed E-state index contributed by atoms with van der Waals surface area (Å²) in [6.45, 7) is 1.52. The van der Waals surface area contributed by atoms with Crippen molar-refractivity contribution in [1.82, 2.24) is 11.5 Å². The van der Waals surface area contributed by atoms with Crippen LogP contribution in [0, 0.1) is 5.92 Å². The number of hydrogen-bond acceptors (Lipinski definition) is 6. The summed E-state index contributed by atoms with van der Waals surface area (Å²) in [5.41, 5.74) is 0. The molecule has 0 radical (unpaired) electrons. The summed E-state index contributed by atoms with van der Waals surface area (Å²) in [7, 11) is 0. The van der Waals surface area contributed by atoms with Gasteiger partial charge in [0.1, 0.15) is 6.04 Å². The summed E-state index contributed by atoms with van der Waals surface area (Å²) >= 11 is 5.21. The lowest BCUT2D eigenvalue weighted by Crippen LogP contribution is -2.45. The van der Waals surface area contributed by atoms with Crippen LogP contribution in [0.5, 0.6) is 0 Å². The summed E-state index contributed by atoms with van der Waals surface area (Å²) in [6, 6.07) is -1.01. The number of aliphatic carboxylic acids is 1. The highest BCUT2D eigenvalue weighted by Gasteiger charge is 2.43. The third kappa shape index (κ3) is 3.86. The molecule has 6 N–H and O–H groups in total. The lowest BCUT2D eigenvalue weighted by molar-refractivity contribution is -0.139. The fourth-order valence-corrected chi connectivity index (χ4v) is 3.48. The molecule has 8 heteroatoms. The fraction of sp³-hybridized carbons (Fsp3) is 0.800. The number of carbonyl (C=O) groups is 2. The van der Waals surface area contributed by atoms with E-state index in [4.69, 9.17) is 5.11 Å². The highest BCUT2D eigenvalue weighted by molar-refractivity contribution is 7.99. The van der Waals surface area contributed by atoms with Gasteiger partial charge in [0.15, 0.2) is 5.12 Å². The number of carboxylic acid groups (broad SMARTS) is 1. The first kappa shape index (κ1) is 17.7. The molecule has 1 saturated heterocycles. The van der Waals surface area contributed by atoms with Crippen molar-refractivity contribution < 1.29 is 19.8 Å². The van der Waals surface area contributed by atoms with E-state index in [-0.39, 0.29) is 17.4 Å². The highest BCUT2D eigenvalue weighted by Crippen LogP contribution is 2.30. The number of rotatable bonds is 5. The van der Waals surface area contributed by atoms with Gasteiger partial charge in [-0.25, -0.2) is 0 Å². The Labute approximate surface area is 116 Å². The van der Waals surface area contributed by atoms with E-state index in [9.17, 15) is 14.7 Å². The average Bonchev–Trinajstić information content (AvgIpc) is 2.60. The van der Waals surface area contributed by atoms with Crippen LogP contribution in [-0.2, 0) is 9.59 Å². The van der Waals surface area contributed by atoms with Gasteiger partial charge in [0.2, 0.25) is 0 Å². The van der Waals surface area contributed by atoms with Gasteiger partial charge in [0, 0.05) is 11.3 Å². The second-order valence-corrected chi connectivity index (χ2v) is 5.72. The molecule has 0 aromatic heterocycles. The number of carboxylic acids is 1. The molecule has 0 aromatic rings. The molecule has 0 aliphatic carbocycles. The topological polar surface area (TPSA) is 122 Å². The van der Waals surface area contributed by atoms with Gasteiger partial charge in [-0.1, -0.05) is 0 Å². The zero-order valence-electron chi connectivity index (χ0n) is 10.4. The maximum Gasteiger partial charge on any atom is 0.321 e. The van der Waals surface area contributed by atoms with E-state index in [0.717, 1.165) is 0 Å². The third-order valence-electron chi connectivity index (χ3n) is 3.06. The smallest absolute Gasteiger partial charge is 0.321 e. The molecule has 1 unspecified atom stereocenters. The molecule has 1 aliphatic rings. The first-order valence-electron chi connectivity index (χ1n) is 5.31. The lowest BCUT2D eigenvalue weighted by atomic mass is 9.94. The molecule has 0 amide bonds. The zero-order chi connectivity index (χ0) is 13.2. The molecule has 18 heavy (non-hydrogen) atoms. The summed E-state index contributed by atoms with van der Waals surface area (Å²) in [6.07, 6.45) is 1.54. The monoisotopic (exact) mass is 296 g/mol. The van der Waals surface area contributed by atoms with Crippen LogP contribution in [0.4, 0.5) is 0 Å². The average molecular weight is 296 g/mol. The Bertz CT molecular complexity index is 314. The van der Waals surface area contributed by atoms with Crippen LogP contribution in [0.15, 0.2) is 0 Å². The number of carbonyl (C=O) groups excluding carboxylic acids is 1. The van der Waals surface area contributed by atoms with Crippen molar-refractivity contribution in [1.29, 1.82) is 0 Å². The van der Waals surface area contributed by atoms with E-state index in [1.165, 1.54) is 18.7 Å². The van der Waals surface area contributed by atoms with Crippen molar-refractivity contribution in [2.24, 2.45) is 5.92 Å². The predicted octanol–water partition coefficient (Wildman–Crippen LogP) is 0.148. The van der Waals surface area contributed by atoms with E-state index < -0.39 is 29.1 Å². The van der Waals surface area contributed by atoms with Crippen molar-refractivity contribution in [3.63, 3.8) is 0 Å². The number of thioether (sulfide) groups is 1. The molecule has 6 nitrogen and oxygen atoms in total. The summed E-state index contributed by atoms with van der Waals surface area (Å²) in [4.78, 5) is 22.4. The van der Waals surface area contributed by atoms with Crippen LogP contribution in [0.2, 0.25) is 0 Å². The molecule has 5 atom stereocenters. The number of aliphatic hydroxyl groups is 1. The van der Waals surface area contributed by atoms with Crippen LogP contribution in [0.3, 0.4) is 0 Å². The molecular formula is C10H20N2O4S2. The Balaban J connectivity index is 0.00000289. The van der Waals surface area contributed by atoms with Gasteiger partial charge in [-0.3, -0.25) is 14.9 Å². The van der Waals surface area contributed by atoms with Gasteiger partial charge in [-0.15, -0.1) is 12.6 Å². The number of nitrogens with one attached hydrogen (secondary N) is 1. The van der Waals surface area contributed by atoms with Crippen LogP contribution < -0.4 is 11.5 Å². The molecule has 1 fully saturated rings. The fourth-order valence-electron chi connectivity index (χ4n) is 2.22. The Morgan fingerprint density at radius 2 is 2.06 bits per heavy atom. The van der Waals surface area contributed by atoms with Crippen molar-refractivity contribution in [3.05, 3.63) is 0 Å². The van der Waals surface area contributed by atoms with E-state index >= 15 is 0 Å². The van der Waals surface area contributed by atoms with Crippen LogP contribution >= 0.6 is 24.4 Å². The Hall–Kier alpha value is -0.280. The van der Waals surface area contributed by atoms with E-state index in [1.54, 1.807) is 0 Å². The van der Waals surface area contributed by atoms with Crippen molar-refractivity contribution in [2.45, 2.75) is 36.8 Å². The molecular weight excluding hydrogens is 276 g/mol. The third-order valence-corrected chi connectivity index (χ3v) is 4.43. The van der Waals surface area contributed by atoms with Gasteiger partial charge < -0.3 is 16.4 Å². The number of thiol groups is 1. The molecule has 0 saturated carbocycles. The van der Waals surface area contributed by atoms with Crippen molar-refractivity contribution in [2.75, 3.05) is 6.26 Å². The van der Waals surface area contributed by atoms with Crippen molar-refractivity contribution in [3.8, 4) is 0 Å². The molecule has 1 aliphatic heterocycles. The van der Waals surface area contributed by atoms with Gasteiger partial charge in [-0.2, -0.15) is 11.8 Å². The normalized spacial score (nSPS) is 30.3. The highest BCUT2D eigenvalue weighted by atomic mass is 32.2. The zero-order valence-corrected chi connectivity index (χ0v) is 12.1. The summed E-state index contributed by atoms with van der Waals surface area (Å²) in [5.74, 6) is -1.60. The molecule has 0 aromatic carbocycles. The maximum absolute atomic E-state index is 11.4. The second kappa shape index (κ2) is 7.34. The molecule has 0 bridgehead atoms. The Morgan fingerprint density at radius 1 is 1.50 bits per heavy atom. The largest absolute Gasteiger partial charge is 0.480 e.